The molecule has 0 bridgehead atoms. The Morgan fingerprint density at radius 1 is 1.33 bits per heavy atom. The molecule has 1 aliphatic heterocycles. The summed E-state index contributed by atoms with van der Waals surface area (Å²) < 4.78 is 0. The molecule has 1 unspecified atom stereocenters. The third-order valence-corrected chi connectivity index (χ3v) is 4.15. The fourth-order valence-corrected chi connectivity index (χ4v) is 2.68. The summed E-state index contributed by atoms with van der Waals surface area (Å²) in [6, 6.07) is 11.5. The second kappa shape index (κ2) is 9.06. The van der Waals surface area contributed by atoms with E-state index in [1.807, 2.05) is 48.2 Å². The molecule has 1 aromatic rings. The minimum Gasteiger partial charge on any atom is -0.395 e. The molecule has 6 nitrogen and oxygen atoms in total. The number of amides is 1. The van der Waals surface area contributed by atoms with Gasteiger partial charge in [-0.05, 0) is 12.5 Å². The number of piperazine rings is 1. The highest BCUT2D eigenvalue weighted by atomic mass is 16.3. The third kappa shape index (κ3) is 5.08. The normalized spacial score (nSPS) is 17.2. The molecule has 24 heavy (non-hydrogen) atoms. The molecule has 0 radical (unpaired) electrons. The largest absolute Gasteiger partial charge is 0.395 e. The number of nitriles is 1. The summed E-state index contributed by atoms with van der Waals surface area (Å²) in [6.07, 6.45) is 1.64. The van der Waals surface area contributed by atoms with E-state index in [9.17, 15) is 10.1 Å². The summed E-state index contributed by atoms with van der Waals surface area (Å²) in [5, 5.41) is 21.1. The van der Waals surface area contributed by atoms with Gasteiger partial charge in [0, 0.05) is 38.9 Å². The van der Waals surface area contributed by atoms with Crippen LogP contribution >= 0.6 is 0 Å². The van der Waals surface area contributed by atoms with E-state index in [0.717, 1.165) is 31.7 Å². The van der Waals surface area contributed by atoms with Crippen molar-refractivity contribution in [3.8, 4) is 6.07 Å². The van der Waals surface area contributed by atoms with Crippen LogP contribution in [0.15, 0.2) is 42.1 Å². The van der Waals surface area contributed by atoms with Gasteiger partial charge in [0.2, 0.25) is 0 Å². The van der Waals surface area contributed by atoms with Gasteiger partial charge in [-0.3, -0.25) is 9.69 Å². The van der Waals surface area contributed by atoms with Gasteiger partial charge in [-0.15, -0.1) is 0 Å². The minimum atomic E-state index is -0.355. The Balaban J connectivity index is 1.93. The molecular formula is C18H24N4O2. The Morgan fingerprint density at radius 2 is 2.00 bits per heavy atom. The highest BCUT2D eigenvalue weighted by molar-refractivity contribution is 5.97. The Kier molecular flexibility index (Phi) is 6.79. The zero-order chi connectivity index (χ0) is 17.4. The van der Waals surface area contributed by atoms with Crippen molar-refractivity contribution in [3.63, 3.8) is 0 Å². The molecule has 0 aromatic heterocycles. The van der Waals surface area contributed by atoms with Gasteiger partial charge in [0.15, 0.2) is 0 Å². The van der Waals surface area contributed by atoms with Crippen molar-refractivity contribution in [2.75, 3.05) is 39.3 Å². The van der Waals surface area contributed by atoms with E-state index in [-0.39, 0.29) is 24.1 Å². The monoisotopic (exact) mass is 328 g/mol. The van der Waals surface area contributed by atoms with Crippen molar-refractivity contribution in [3.05, 3.63) is 47.7 Å². The molecule has 0 saturated carbocycles. The van der Waals surface area contributed by atoms with Crippen molar-refractivity contribution in [2.24, 2.45) is 0 Å². The summed E-state index contributed by atoms with van der Waals surface area (Å²) in [7, 11) is 0. The third-order valence-electron chi connectivity index (χ3n) is 4.15. The maximum Gasteiger partial charge on any atom is 0.263 e. The first-order valence-corrected chi connectivity index (χ1v) is 8.19. The second-order valence-electron chi connectivity index (χ2n) is 5.86. The van der Waals surface area contributed by atoms with E-state index in [1.54, 1.807) is 6.20 Å². The van der Waals surface area contributed by atoms with Crippen molar-refractivity contribution in [1.29, 1.82) is 5.26 Å². The summed E-state index contributed by atoms with van der Waals surface area (Å²) in [4.78, 5) is 16.5. The molecule has 1 atom stereocenters. The van der Waals surface area contributed by atoms with Crippen molar-refractivity contribution in [2.45, 2.75) is 13.0 Å². The summed E-state index contributed by atoms with van der Waals surface area (Å²) >= 11 is 0. The van der Waals surface area contributed by atoms with Gasteiger partial charge in [-0.2, -0.15) is 5.26 Å². The lowest BCUT2D eigenvalue weighted by Gasteiger charge is -2.33. The predicted molar refractivity (Wildman–Crippen MR) is 91.8 cm³/mol. The molecule has 6 heteroatoms. The smallest absolute Gasteiger partial charge is 0.263 e. The number of hydrogen-bond donors (Lipinski definition) is 2. The highest BCUT2D eigenvalue weighted by Crippen LogP contribution is 2.12. The van der Waals surface area contributed by atoms with Crippen molar-refractivity contribution < 1.29 is 9.90 Å². The molecule has 0 aliphatic carbocycles. The van der Waals surface area contributed by atoms with Gasteiger partial charge in [-0.1, -0.05) is 30.3 Å². The second-order valence-corrected chi connectivity index (χ2v) is 5.86. The van der Waals surface area contributed by atoms with E-state index >= 15 is 0 Å². The number of nitrogens with zero attached hydrogens (tertiary/aromatic N) is 3. The standard InChI is InChI=1S/C18H24N4O2/c1-15(16-5-3-2-4-6-16)20-18(24)17(13-19)14-22-9-7-21(8-10-22)11-12-23/h2-6,14-15,23H,7-12H2,1H3,(H,20,24)/b17-14-. The van der Waals surface area contributed by atoms with E-state index in [0.29, 0.717) is 6.54 Å². The lowest BCUT2D eigenvalue weighted by Crippen LogP contribution is -2.45. The Morgan fingerprint density at radius 3 is 2.58 bits per heavy atom. The number of nitrogens with one attached hydrogen (secondary N) is 1. The molecular weight excluding hydrogens is 304 g/mol. The molecule has 1 aromatic carbocycles. The van der Waals surface area contributed by atoms with Gasteiger partial charge in [0.25, 0.3) is 5.91 Å². The van der Waals surface area contributed by atoms with Crippen LogP contribution in [0, 0.1) is 11.3 Å². The Bertz CT molecular complexity index is 601. The van der Waals surface area contributed by atoms with E-state index < -0.39 is 0 Å². The highest BCUT2D eigenvalue weighted by Gasteiger charge is 2.18. The van der Waals surface area contributed by atoms with Crippen LogP contribution in [0.3, 0.4) is 0 Å². The quantitative estimate of drug-likeness (QED) is 0.599. The summed E-state index contributed by atoms with van der Waals surface area (Å²) in [5.74, 6) is -0.355. The first-order valence-electron chi connectivity index (χ1n) is 8.19. The average molecular weight is 328 g/mol. The van der Waals surface area contributed by atoms with Crippen LogP contribution in [-0.2, 0) is 4.79 Å². The van der Waals surface area contributed by atoms with Crippen molar-refractivity contribution >= 4 is 5.91 Å². The van der Waals surface area contributed by atoms with E-state index in [4.69, 9.17) is 5.11 Å². The van der Waals surface area contributed by atoms with Crippen LogP contribution in [0.25, 0.3) is 0 Å². The summed E-state index contributed by atoms with van der Waals surface area (Å²) in [5.41, 5.74) is 1.12. The van der Waals surface area contributed by atoms with Crippen LogP contribution in [0.1, 0.15) is 18.5 Å². The number of aliphatic hydroxyl groups is 1. The predicted octanol–water partition coefficient (Wildman–Crippen LogP) is 0.881. The fourth-order valence-electron chi connectivity index (χ4n) is 2.68. The molecule has 2 rings (SSSR count). The number of β-amino-alcohol motifs (C(OH)–C–C–N with tert-alkyl or cyclic N) is 1. The van der Waals surface area contributed by atoms with Crippen LogP contribution < -0.4 is 5.32 Å². The topological polar surface area (TPSA) is 79.6 Å². The molecule has 1 saturated heterocycles. The summed E-state index contributed by atoms with van der Waals surface area (Å²) in [6.45, 7) is 5.84. The van der Waals surface area contributed by atoms with Crippen LogP contribution in [-0.4, -0.2) is 60.1 Å². The minimum absolute atomic E-state index is 0.119. The van der Waals surface area contributed by atoms with Crippen LogP contribution in [0.4, 0.5) is 0 Å². The molecule has 128 valence electrons. The first-order chi connectivity index (χ1) is 11.6. The Hall–Kier alpha value is -2.36. The lowest BCUT2D eigenvalue weighted by atomic mass is 10.1. The number of rotatable bonds is 6. The van der Waals surface area contributed by atoms with Crippen LogP contribution in [0.2, 0.25) is 0 Å². The number of carbonyl (C=O) groups excluding carboxylic acids is 1. The van der Waals surface area contributed by atoms with Gasteiger partial charge < -0.3 is 15.3 Å². The number of aliphatic hydroxyl groups excluding tert-OH is 1. The van der Waals surface area contributed by atoms with E-state index in [1.165, 1.54) is 0 Å². The fraction of sp³-hybridized carbons (Fsp3) is 0.444. The lowest BCUT2D eigenvalue weighted by molar-refractivity contribution is -0.117. The van der Waals surface area contributed by atoms with E-state index in [2.05, 4.69) is 10.2 Å². The molecule has 0 spiro atoms. The zero-order valence-electron chi connectivity index (χ0n) is 14.0. The van der Waals surface area contributed by atoms with Crippen LogP contribution in [0.5, 0.6) is 0 Å². The number of carbonyl (C=O) groups is 1. The first kappa shape index (κ1) is 18.0. The number of benzene rings is 1. The molecule has 1 amide bonds. The molecule has 1 heterocycles. The van der Waals surface area contributed by atoms with Gasteiger partial charge in [0.05, 0.1) is 12.6 Å². The zero-order valence-corrected chi connectivity index (χ0v) is 14.0. The van der Waals surface area contributed by atoms with Gasteiger partial charge in [-0.25, -0.2) is 0 Å². The average Bonchev–Trinajstić information content (AvgIpc) is 2.62. The van der Waals surface area contributed by atoms with Gasteiger partial charge in [0.1, 0.15) is 11.6 Å². The van der Waals surface area contributed by atoms with Crippen molar-refractivity contribution in [1.82, 2.24) is 15.1 Å². The van der Waals surface area contributed by atoms with Gasteiger partial charge >= 0.3 is 0 Å². The number of hydrogen-bond acceptors (Lipinski definition) is 5. The molecule has 2 N–H and O–H groups in total. The molecule has 1 fully saturated rings. The maximum absolute atomic E-state index is 12.3. The maximum atomic E-state index is 12.3. The Labute approximate surface area is 143 Å². The SMILES string of the molecule is CC(NC(=O)/C(C#N)=C\N1CCN(CCO)CC1)c1ccccc1. The molecule has 1 aliphatic rings.